The monoisotopic (exact) mass is 271 g/mol. The zero-order chi connectivity index (χ0) is 14.3. The minimum atomic E-state index is -0.486. The predicted molar refractivity (Wildman–Crippen MR) is 76.0 cm³/mol. The normalized spacial score (nSPS) is 27.5. The fourth-order valence-electron chi connectivity index (χ4n) is 2.91. The molecule has 1 rings (SSSR count). The molecule has 4 nitrogen and oxygen atoms in total. The molecule has 0 spiro atoms. The zero-order valence-electron chi connectivity index (χ0n) is 12.8. The Morgan fingerprint density at radius 1 is 1.37 bits per heavy atom. The molecular weight excluding hydrogens is 242 g/mol. The van der Waals surface area contributed by atoms with Crippen molar-refractivity contribution in [3.05, 3.63) is 0 Å². The second-order valence-electron chi connectivity index (χ2n) is 5.80. The summed E-state index contributed by atoms with van der Waals surface area (Å²) in [5.74, 6) is 1.33. The summed E-state index contributed by atoms with van der Waals surface area (Å²) in [4.78, 5) is 12.3. The molecule has 0 amide bonds. The predicted octanol–water partition coefficient (Wildman–Crippen LogP) is 2.37. The first kappa shape index (κ1) is 16.4. The van der Waals surface area contributed by atoms with E-state index in [0.29, 0.717) is 25.7 Å². The van der Waals surface area contributed by atoms with Crippen LogP contribution in [0.2, 0.25) is 0 Å². The number of hydrogen-bond acceptors (Lipinski definition) is 4. The van der Waals surface area contributed by atoms with Gasteiger partial charge in [-0.3, -0.25) is 10.1 Å². The lowest BCUT2D eigenvalue weighted by Crippen LogP contribution is -2.56. The summed E-state index contributed by atoms with van der Waals surface area (Å²) < 4.78 is 10.3. The number of esters is 1. The van der Waals surface area contributed by atoms with Crippen LogP contribution in [0.3, 0.4) is 0 Å². The van der Waals surface area contributed by atoms with Crippen LogP contribution in [0.15, 0.2) is 0 Å². The van der Waals surface area contributed by atoms with Gasteiger partial charge in [-0.25, -0.2) is 0 Å². The smallest absolute Gasteiger partial charge is 0.326 e. The van der Waals surface area contributed by atoms with Gasteiger partial charge in [-0.1, -0.05) is 13.8 Å². The molecule has 0 aromatic carbocycles. The highest BCUT2D eigenvalue weighted by Crippen LogP contribution is 2.36. The molecule has 0 radical (unpaired) electrons. The zero-order valence-corrected chi connectivity index (χ0v) is 12.8. The highest BCUT2D eigenvalue weighted by atomic mass is 16.5. The van der Waals surface area contributed by atoms with E-state index in [-0.39, 0.29) is 5.97 Å². The summed E-state index contributed by atoms with van der Waals surface area (Å²) in [5, 5.41) is 3.38. The molecule has 1 aliphatic rings. The number of hydrogen-bond donors (Lipinski definition) is 1. The van der Waals surface area contributed by atoms with E-state index in [4.69, 9.17) is 9.47 Å². The first-order valence-electron chi connectivity index (χ1n) is 7.47. The van der Waals surface area contributed by atoms with Gasteiger partial charge in [0.2, 0.25) is 0 Å². The Morgan fingerprint density at radius 2 is 2.00 bits per heavy atom. The van der Waals surface area contributed by atoms with E-state index in [2.05, 4.69) is 19.2 Å². The summed E-state index contributed by atoms with van der Waals surface area (Å²) in [6.07, 6.45) is 3.93. The summed E-state index contributed by atoms with van der Waals surface area (Å²) in [5.41, 5.74) is -0.486. The Kier molecular flexibility index (Phi) is 6.80. The molecule has 0 aliphatic heterocycles. The lowest BCUT2D eigenvalue weighted by atomic mass is 9.72. The molecule has 1 aliphatic carbocycles. The van der Waals surface area contributed by atoms with Crippen molar-refractivity contribution in [2.75, 3.05) is 26.9 Å². The number of carbonyl (C=O) groups is 1. The van der Waals surface area contributed by atoms with Crippen molar-refractivity contribution in [1.82, 2.24) is 5.32 Å². The van der Waals surface area contributed by atoms with Crippen LogP contribution in [0.25, 0.3) is 0 Å². The first-order chi connectivity index (χ1) is 9.05. The van der Waals surface area contributed by atoms with E-state index in [0.717, 1.165) is 31.6 Å². The van der Waals surface area contributed by atoms with Gasteiger partial charge in [0.1, 0.15) is 5.54 Å². The summed E-state index contributed by atoms with van der Waals surface area (Å²) in [6, 6.07) is 0. The van der Waals surface area contributed by atoms with E-state index in [1.165, 1.54) is 0 Å². The quantitative estimate of drug-likeness (QED) is 0.570. The van der Waals surface area contributed by atoms with Gasteiger partial charge in [-0.15, -0.1) is 0 Å². The van der Waals surface area contributed by atoms with Crippen LogP contribution < -0.4 is 5.32 Å². The van der Waals surface area contributed by atoms with E-state index in [1.54, 1.807) is 7.11 Å². The van der Waals surface area contributed by atoms with Gasteiger partial charge in [0, 0.05) is 13.7 Å². The average Bonchev–Trinajstić information content (AvgIpc) is 2.39. The first-order valence-corrected chi connectivity index (χ1v) is 7.47. The third kappa shape index (κ3) is 4.46. The summed E-state index contributed by atoms with van der Waals surface area (Å²) >= 11 is 0. The third-order valence-corrected chi connectivity index (χ3v) is 4.26. The molecule has 0 unspecified atom stereocenters. The van der Waals surface area contributed by atoms with Gasteiger partial charge in [-0.05, 0) is 44.4 Å². The third-order valence-electron chi connectivity index (χ3n) is 4.26. The Labute approximate surface area is 117 Å². The molecule has 0 atom stereocenters. The number of methoxy groups -OCH3 is 1. The van der Waals surface area contributed by atoms with Gasteiger partial charge in [0.25, 0.3) is 0 Å². The lowest BCUT2D eigenvalue weighted by molar-refractivity contribution is -0.153. The fraction of sp³-hybridized carbons (Fsp3) is 0.933. The molecule has 1 saturated carbocycles. The molecular formula is C15H29NO3. The van der Waals surface area contributed by atoms with Crippen molar-refractivity contribution in [2.45, 2.75) is 52.0 Å². The van der Waals surface area contributed by atoms with Crippen molar-refractivity contribution in [3.63, 3.8) is 0 Å². The molecule has 112 valence electrons. The van der Waals surface area contributed by atoms with Crippen LogP contribution in [-0.2, 0) is 14.3 Å². The van der Waals surface area contributed by atoms with Crippen molar-refractivity contribution < 1.29 is 14.3 Å². The van der Waals surface area contributed by atoms with Crippen LogP contribution >= 0.6 is 0 Å². The maximum atomic E-state index is 12.3. The largest absolute Gasteiger partial charge is 0.465 e. The van der Waals surface area contributed by atoms with Crippen LogP contribution in [0.5, 0.6) is 0 Å². The number of nitrogens with one attached hydrogen (secondary N) is 1. The Morgan fingerprint density at radius 3 is 2.47 bits per heavy atom. The maximum Gasteiger partial charge on any atom is 0.326 e. The average molecular weight is 271 g/mol. The lowest BCUT2D eigenvalue weighted by Gasteiger charge is -2.40. The molecule has 4 heteroatoms. The molecule has 0 saturated heterocycles. The summed E-state index contributed by atoms with van der Waals surface area (Å²) in [6.45, 7) is 8.15. The van der Waals surface area contributed by atoms with Gasteiger partial charge >= 0.3 is 5.97 Å². The molecule has 0 aromatic heterocycles. The highest BCUT2D eigenvalue weighted by Gasteiger charge is 2.42. The van der Waals surface area contributed by atoms with Crippen molar-refractivity contribution in [2.24, 2.45) is 11.8 Å². The molecule has 1 fully saturated rings. The van der Waals surface area contributed by atoms with Gasteiger partial charge < -0.3 is 9.47 Å². The molecule has 0 bridgehead atoms. The van der Waals surface area contributed by atoms with E-state index in [1.807, 2.05) is 6.92 Å². The van der Waals surface area contributed by atoms with Gasteiger partial charge in [0.15, 0.2) is 0 Å². The number of ether oxygens (including phenoxy) is 2. The number of carbonyl (C=O) groups excluding carboxylic acids is 1. The molecule has 1 N–H and O–H groups in total. The second-order valence-corrected chi connectivity index (χ2v) is 5.80. The van der Waals surface area contributed by atoms with Crippen LogP contribution in [0.1, 0.15) is 46.5 Å². The van der Waals surface area contributed by atoms with Crippen molar-refractivity contribution in [3.8, 4) is 0 Å². The van der Waals surface area contributed by atoms with E-state index in [9.17, 15) is 4.79 Å². The standard InChI is InChI=1S/C15H29NO3/c1-5-19-14(17)15(16-10-11-18-4)8-6-13(7-9-15)12(2)3/h12-13,16H,5-11H2,1-4H3. The van der Waals surface area contributed by atoms with E-state index >= 15 is 0 Å². The minimum absolute atomic E-state index is 0.0895. The maximum absolute atomic E-state index is 12.3. The van der Waals surface area contributed by atoms with Gasteiger partial charge in [-0.2, -0.15) is 0 Å². The highest BCUT2D eigenvalue weighted by molar-refractivity contribution is 5.81. The minimum Gasteiger partial charge on any atom is -0.465 e. The van der Waals surface area contributed by atoms with Crippen molar-refractivity contribution in [1.29, 1.82) is 0 Å². The van der Waals surface area contributed by atoms with Crippen LogP contribution in [0.4, 0.5) is 0 Å². The Hall–Kier alpha value is -0.610. The summed E-state index contributed by atoms with van der Waals surface area (Å²) in [7, 11) is 1.67. The Bertz CT molecular complexity index is 271. The fourth-order valence-corrected chi connectivity index (χ4v) is 2.91. The second kappa shape index (κ2) is 7.85. The molecule has 0 aromatic rings. The molecule has 0 heterocycles. The van der Waals surface area contributed by atoms with Crippen LogP contribution in [-0.4, -0.2) is 38.4 Å². The van der Waals surface area contributed by atoms with Crippen molar-refractivity contribution >= 4 is 5.97 Å². The topological polar surface area (TPSA) is 47.6 Å². The molecule has 19 heavy (non-hydrogen) atoms. The SMILES string of the molecule is CCOC(=O)C1(NCCOC)CCC(C(C)C)CC1. The van der Waals surface area contributed by atoms with Crippen LogP contribution in [0, 0.1) is 11.8 Å². The Balaban J connectivity index is 2.63. The van der Waals surface area contributed by atoms with Gasteiger partial charge in [0.05, 0.1) is 13.2 Å². The van der Waals surface area contributed by atoms with E-state index < -0.39 is 5.54 Å². The number of rotatable bonds is 7.